The van der Waals surface area contributed by atoms with Gasteiger partial charge in [-0.1, -0.05) is 19.9 Å². The van der Waals surface area contributed by atoms with E-state index < -0.39 is 0 Å². The van der Waals surface area contributed by atoms with Crippen LogP contribution in [0, 0.1) is 5.92 Å². The Kier molecular flexibility index (Phi) is 3.08. The smallest absolute Gasteiger partial charge is 0.182 e. The van der Waals surface area contributed by atoms with Crippen LogP contribution < -0.4 is 5.73 Å². The Balaban J connectivity index is 2.43. The first-order chi connectivity index (χ1) is 8.09. The van der Waals surface area contributed by atoms with Crippen molar-refractivity contribution in [3.63, 3.8) is 0 Å². The van der Waals surface area contributed by atoms with Gasteiger partial charge in [0.2, 0.25) is 0 Å². The van der Waals surface area contributed by atoms with E-state index in [0.717, 1.165) is 11.5 Å². The molecule has 2 rings (SSSR count). The highest BCUT2D eigenvalue weighted by Crippen LogP contribution is 2.23. The zero-order valence-electron chi connectivity index (χ0n) is 10.3. The molecule has 17 heavy (non-hydrogen) atoms. The molecular weight excluding hydrogens is 214 g/mol. The predicted molar refractivity (Wildman–Crippen MR) is 67.2 cm³/mol. The second kappa shape index (κ2) is 4.53. The molecule has 0 radical (unpaired) electrons. The van der Waals surface area contributed by atoms with Crippen molar-refractivity contribution in [2.75, 3.05) is 5.73 Å². The Morgan fingerprint density at radius 2 is 2.00 bits per heavy atom. The predicted octanol–water partition coefficient (Wildman–Crippen LogP) is 2.14. The molecule has 0 fully saturated rings. The highest BCUT2D eigenvalue weighted by Gasteiger charge is 2.16. The summed E-state index contributed by atoms with van der Waals surface area (Å²) in [4.78, 5) is 4.27. The fourth-order valence-corrected chi connectivity index (χ4v) is 1.62. The second-order valence-electron chi connectivity index (χ2n) is 4.49. The van der Waals surface area contributed by atoms with Gasteiger partial charge in [-0.2, -0.15) is 0 Å². The molecule has 0 bridgehead atoms. The molecule has 0 amide bonds. The van der Waals surface area contributed by atoms with Crippen LogP contribution in [0.15, 0.2) is 24.5 Å². The zero-order valence-corrected chi connectivity index (χ0v) is 10.3. The molecule has 0 aromatic carbocycles. The summed E-state index contributed by atoms with van der Waals surface area (Å²) in [5.74, 6) is 1.76. The number of aromatic nitrogens is 4. The van der Waals surface area contributed by atoms with Crippen molar-refractivity contribution < 1.29 is 0 Å². The van der Waals surface area contributed by atoms with Crippen molar-refractivity contribution in [1.82, 2.24) is 19.7 Å². The Labute approximate surface area is 101 Å². The largest absolute Gasteiger partial charge is 0.384 e. The summed E-state index contributed by atoms with van der Waals surface area (Å²) >= 11 is 0. The standard InChI is InChI=1S/C12H17N5/c1-8(2)9(3)17-7-14-16-12(17)10-5-4-6-11(13)15-10/h4-9H,1-3H3,(H2,13,15)/t9-/m0/s1. The molecule has 0 aliphatic carbocycles. The van der Waals surface area contributed by atoms with E-state index in [4.69, 9.17) is 5.73 Å². The van der Waals surface area contributed by atoms with Crippen LogP contribution in [0.2, 0.25) is 0 Å². The Morgan fingerprint density at radius 1 is 1.24 bits per heavy atom. The molecule has 2 aromatic rings. The van der Waals surface area contributed by atoms with E-state index in [2.05, 4.69) is 36.0 Å². The number of rotatable bonds is 3. The van der Waals surface area contributed by atoms with E-state index in [-0.39, 0.29) is 0 Å². The lowest BCUT2D eigenvalue weighted by Gasteiger charge is -2.18. The van der Waals surface area contributed by atoms with E-state index >= 15 is 0 Å². The average molecular weight is 231 g/mol. The molecule has 0 saturated heterocycles. The van der Waals surface area contributed by atoms with Crippen molar-refractivity contribution >= 4 is 5.82 Å². The second-order valence-corrected chi connectivity index (χ2v) is 4.49. The van der Waals surface area contributed by atoms with E-state index in [0.29, 0.717) is 17.8 Å². The monoisotopic (exact) mass is 231 g/mol. The lowest BCUT2D eigenvalue weighted by atomic mass is 10.1. The van der Waals surface area contributed by atoms with Crippen molar-refractivity contribution in [3.8, 4) is 11.5 Å². The third-order valence-corrected chi connectivity index (χ3v) is 2.98. The minimum atomic E-state index is 0.322. The molecule has 5 nitrogen and oxygen atoms in total. The molecule has 1 atom stereocenters. The highest BCUT2D eigenvalue weighted by atomic mass is 15.3. The summed E-state index contributed by atoms with van der Waals surface area (Å²) in [5, 5.41) is 8.09. The number of anilines is 1. The summed E-state index contributed by atoms with van der Waals surface area (Å²) in [7, 11) is 0. The lowest BCUT2D eigenvalue weighted by Crippen LogP contribution is -2.12. The van der Waals surface area contributed by atoms with Crippen molar-refractivity contribution in [1.29, 1.82) is 0 Å². The first-order valence-corrected chi connectivity index (χ1v) is 5.72. The molecule has 0 unspecified atom stereocenters. The van der Waals surface area contributed by atoms with E-state index in [1.807, 2.05) is 16.7 Å². The summed E-state index contributed by atoms with van der Waals surface area (Å²) in [6, 6.07) is 5.85. The first kappa shape index (κ1) is 11.6. The van der Waals surface area contributed by atoms with Gasteiger partial charge in [-0.25, -0.2) is 4.98 Å². The molecule has 0 saturated carbocycles. The van der Waals surface area contributed by atoms with Gasteiger partial charge in [0, 0.05) is 6.04 Å². The van der Waals surface area contributed by atoms with Gasteiger partial charge in [0.25, 0.3) is 0 Å². The van der Waals surface area contributed by atoms with E-state index in [9.17, 15) is 0 Å². The quantitative estimate of drug-likeness (QED) is 0.878. The Hall–Kier alpha value is -1.91. The number of pyridine rings is 1. The molecule has 2 aromatic heterocycles. The maximum absolute atomic E-state index is 5.68. The molecule has 2 N–H and O–H groups in total. The molecule has 2 heterocycles. The fraction of sp³-hybridized carbons (Fsp3) is 0.417. The van der Waals surface area contributed by atoms with Crippen LogP contribution in [0.1, 0.15) is 26.8 Å². The van der Waals surface area contributed by atoms with E-state index in [1.54, 1.807) is 12.4 Å². The minimum Gasteiger partial charge on any atom is -0.384 e. The van der Waals surface area contributed by atoms with Crippen LogP contribution in [0.3, 0.4) is 0 Å². The van der Waals surface area contributed by atoms with E-state index in [1.165, 1.54) is 0 Å². The molecule has 5 heteroatoms. The first-order valence-electron chi connectivity index (χ1n) is 5.72. The summed E-state index contributed by atoms with van der Waals surface area (Å²) < 4.78 is 2.03. The van der Waals surface area contributed by atoms with Crippen LogP contribution in [0.5, 0.6) is 0 Å². The van der Waals surface area contributed by atoms with Gasteiger partial charge in [0.1, 0.15) is 17.8 Å². The Morgan fingerprint density at radius 3 is 2.65 bits per heavy atom. The summed E-state index contributed by atoms with van der Waals surface area (Å²) in [6.45, 7) is 6.48. The van der Waals surface area contributed by atoms with Gasteiger partial charge in [-0.3, -0.25) is 0 Å². The number of nitrogens with two attached hydrogens (primary N) is 1. The van der Waals surface area contributed by atoms with Crippen LogP contribution in [-0.4, -0.2) is 19.7 Å². The van der Waals surface area contributed by atoms with Gasteiger partial charge in [0.15, 0.2) is 5.82 Å². The van der Waals surface area contributed by atoms with Gasteiger partial charge in [-0.15, -0.1) is 10.2 Å². The summed E-state index contributed by atoms with van der Waals surface area (Å²) in [6.07, 6.45) is 1.74. The molecule has 0 aliphatic rings. The highest BCUT2D eigenvalue weighted by molar-refractivity contribution is 5.52. The van der Waals surface area contributed by atoms with Crippen LogP contribution in [0.25, 0.3) is 11.5 Å². The average Bonchev–Trinajstić information content (AvgIpc) is 2.76. The Bertz CT molecular complexity index is 503. The topological polar surface area (TPSA) is 69.6 Å². The van der Waals surface area contributed by atoms with Gasteiger partial charge in [-0.05, 0) is 25.0 Å². The molecule has 0 spiro atoms. The minimum absolute atomic E-state index is 0.322. The van der Waals surface area contributed by atoms with Crippen LogP contribution >= 0.6 is 0 Å². The molecular formula is C12H17N5. The lowest BCUT2D eigenvalue weighted by molar-refractivity contribution is 0.410. The third kappa shape index (κ3) is 2.27. The number of hydrogen-bond donors (Lipinski definition) is 1. The van der Waals surface area contributed by atoms with Crippen LogP contribution in [0.4, 0.5) is 5.82 Å². The van der Waals surface area contributed by atoms with Gasteiger partial charge in [0.05, 0.1) is 0 Å². The molecule has 0 aliphatic heterocycles. The maximum atomic E-state index is 5.68. The zero-order chi connectivity index (χ0) is 12.4. The van der Waals surface area contributed by atoms with Gasteiger partial charge >= 0.3 is 0 Å². The van der Waals surface area contributed by atoms with Crippen LogP contribution in [-0.2, 0) is 0 Å². The number of hydrogen-bond acceptors (Lipinski definition) is 4. The van der Waals surface area contributed by atoms with Gasteiger partial charge < -0.3 is 10.3 Å². The van der Waals surface area contributed by atoms with Crippen molar-refractivity contribution in [2.45, 2.75) is 26.8 Å². The van der Waals surface area contributed by atoms with Crippen molar-refractivity contribution in [3.05, 3.63) is 24.5 Å². The van der Waals surface area contributed by atoms with Crippen molar-refractivity contribution in [2.24, 2.45) is 5.92 Å². The maximum Gasteiger partial charge on any atom is 0.182 e. The number of nitrogens with zero attached hydrogens (tertiary/aromatic N) is 4. The summed E-state index contributed by atoms with van der Waals surface area (Å²) in [5.41, 5.74) is 6.44. The normalized spacial score (nSPS) is 12.9. The SMILES string of the molecule is CC(C)[C@H](C)n1cnnc1-c1cccc(N)n1. The molecule has 90 valence electrons. The number of nitrogen functional groups attached to an aromatic ring is 1. The third-order valence-electron chi connectivity index (χ3n) is 2.98. The fourth-order valence-electron chi connectivity index (χ4n) is 1.62.